The van der Waals surface area contributed by atoms with E-state index >= 15 is 0 Å². The van der Waals surface area contributed by atoms with Gasteiger partial charge in [0.2, 0.25) is 11.6 Å². The van der Waals surface area contributed by atoms with Gasteiger partial charge in [-0.2, -0.15) is 0 Å². The van der Waals surface area contributed by atoms with Crippen molar-refractivity contribution in [1.82, 2.24) is 0 Å². The molecule has 0 unspecified atom stereocenters. The summed E-state index contributed by atoms with van der Waals surface area (Å²) in [6.07, 6.45) is 0. The second-order valence-corrected chi connectivity index (χ2v) is 7.74. The van der Waals surface area contributed by atoms with Crippen molar-refractivity contribution in [2.45, 2.75) is 11.2 Å². The van der Waals surface area contributed by atoms with Gasteiger partial charge in [0.15, 0.2) is 0 Å². The van der Waals surface area contributed by atoms with Crippen LogP contribution in [0, 0.1) is 0 Å². The Morgan fingerprint density at radius 2 is 0.824 bits per heavy atom. The Kier molecular flexibility index (Phi) is 5.48. The van der Waals surface area contributed by atoms with E-state index in [1.807, 2.05) is 0 Å². The largest absolute Gasteiger partial charge is 0.479 e. The normalized spacial score (nSPS) is 14.8. The third-order valence-corrected chi connectivity index (χ3v) is 5.87. The van der Waals surface area contributed by atoms with Crippen molar-refractivity contribution >= 4 is 45.0 Å². The van der Waals surface area contributed by atoms with Gasteiger partial charge in [0.25, 0.3) is 11.2 Å². The number of aliphatic carboxylic acids is 2. The number of hydrogen-bond donors (Lipinski definition) is 4. The average molecular weight is 458 g/mol. The van der Waals surface area contributed by atoms with Crippen molar-refractivity contribution in [2.24, 2.45) is 0 Å². The van der Waals surface area contributed by atoms with E-state index in [-0.39, 0.29) is 21.9 Å². The van der Waals surface area contributed by atoms with Crippen LogP contribution in [0.15, 0.2) is 84.9 Å². The van der Waals surface area contributed by atoms with Gasteiger partial charge >= 0.3 is 11.9 Å². The van der Waals surface area contributed by atoms with Gasteiger partial charge in [0.05, 0.1) is 0 Å². The van der Waals surface area contributed by atoms with E-state index in [2.05, 4.69) is 0 Å². The standard InChI is InChI=1S/C26H18O8/c27-21(19-13-5-9-15-7-1-3-11-17(15)19)25(33,23(29)30)26(34,24(31)32)22(28)20-14-6-10-16-8-2-4-12-18(16)20/h1-14,33-34H,(H,29,30)(H,31,32)/t25-,26-/m1/s1. The predicted octanol–water partition coefficient (Wildman–Crippen LogP) is 2.69. The minimum Gasteiger partial charge on any atom is -0.479 e. The fraction of sp³-hybridized carbons (Fsp3) is 0.0769. The van der Waals surface area contributed by atoms with Crippen molar-refractivity contribution in [2.75, 3.05) is 0 Å². The highest BCUT2D eigenvalue weighted by Gasteiger charge is 2.70. The van der Waals surface area contributed by atoms with Crippen molar-refractivity contribution < 1.29 is 39.6 Å². The molecule has 8 heteroatoms. The lowest BCUT2D eigenvalue weighted by atomic mass is 9.72. The molecule has 0 saturated carbocycles. The van der Waals surface area contributed by atoms with Crippen LogP contribution in [0.4, 0.5) is 0 Å². The maximum atomic E-state index is 13.5. The molecule has 0 saturated heterocycles. The van der Waals surface area contributed by atoms with E-state index in [0.717, 1.165) is 0 Å². The Bertz CT molecular complexity index is 1370. The summed E-state index contributed by atoms with van der Waals surface area (Å²) in [5, 5.41) is 43.5. The van der Waals surface area contributed by atoms with Crippen molar-refractivity contribution in [1.29, 1.82) is 0 Å². The van der Waals surface area contributed by atoms with Gasteiger partial charge in [-0.25, -0.2) is 9.59 Å². The highest BCUT2D eigenvalue weighted by atomic mass is 16.5. The maximum absolute atomic E-state index is 13.5. The van der Waals surface area contributed by atoms with Gasteiger partial charge in [-0.05, 0) is 21.5 Å². The maximum Gasteiger partial charge on any atom is 0.348 e. The first-order valence-corrected chi connectivity index (χ1v) is 10.1. The molecule has 0 heterocycles. The number of rotatable bonds is 7. The molecule has 0 fully saturated rings. The first kappa shape index (κ1) is 22.8. The van der Waals surface area contributed by atoms with E-state index in [4.69, 9.17) is 0 Å². The lowest BCUT2D eigenvalue weighted by Crippen LogP contribution is -2.71. The lowest BCUT2D eigenvalue weighted by Gasteiger charge is -2.35. The van der Waals surface area contributed by atoms with Gasteiger partial charge in [-0.15, -0.1) is 0 Å². The molecule has 2 atom stereocenters. The zero-order valence-corrected chi connectivity index (χ0v) is 17.5. The van der Waals surface area contributed by atoms with Gasteiger partial charge < -0.3 is 20.4 Å². The molecule has 0 aromatic heterocycles. The zero-order valence-electron chi connectivity index (χ0n) is 17.5. The van der Waals surface area contributed by atoms with Crippen LogP contribution < -0.4 is 0 Å². The number of fused-ring (bicyclic) bond motifs is 2. The Balaban J connectivity index is 1.98. The van der Waals surface area contributed by atoms with Crippen molar-refractivity contribution in [3.8, 4) is 0 Å². The summed E-state index contributed by atoms with van der Waals surface area (Å²) in [7, 11) is 0. The van der Waals surface area contributed by atoms with E-state index in [0.29, 0.717) is 10.8 Å². The summed E-state index contributed by atoms with van der Waals surface area (Å²) in [6.45, 7) is 0. The van der Waals surface area contributed by atoms with E-state index in [9.17, 15) is 39.6 Å². The molecule has 0 aliphatic rings. The Hall–Kier alpha value is -4.40. The van der Waals surface area contributed by atoms with E-state index in [1.165, 1.54) is 36.4 Å². The van der Waals surface area contributed by atoms with Crippen LogP contribution in [-0.4, -0.2) is 55.1 Å². The van der Waals surface area contributed by atoms with Crippen LogP contribution in [-0.2, 0) is 9.59 Å². The molecule has 0 radical (unpaired) electrons. The number of aliphatic hydroxyl groups is 2. The summed E-state index contributed by atoms with van der Waals surface area (Å²) in [4.78, 5) is 51.5. The van der Waals surface area contributed by atoms with Gasteiger partial charge in [0.1, 0.15) is 0 Å². The van der Waals surface area contributed by atoms with Crippen LogP contribution in [0.5, 0.6) is 0 Å². The number of benzene rings is 4. The quantitative estimate of drug-likeness (QED) is 0.244. The topological polar surface area (TPSA) is 149 Å². The minimum absolute atomic E-state index is 0.208. The fourth-order valence-electron chi connectivity index (χ4n) is 4.07. The van der Waals surface area contributed by atoms with Gasteiger partial charge in [0, 0.05) is 11.1 Å². The van der Waals surface area contributed by atoms with Gasteiger partial charge in [-0.1, -0.05) is 84.9 Å². The van der Waals surface area contributed by atoms with Crippen LogP contribution in [0.3, 0.4) is 0 Å². The predicted molar refractivity (Wildman–Crippen MR) is 122 cm³/mol. The number of carbonyl (C=O) groups is 4. The number of carboxylic acid groups (broad SMARTS) is 2. The third kappa shape index (κ3) is 3.16. The molecule has 4 aromatic rings. The molecule has 0 spiro atoms. The third-order valence-electron chi connectivity index (χ3n) is 5.87. The molecular weight excluding hydrogens is 440 g/mol. The second kappa shape index (κ2) is 8.18. The van der Waals surface area contributed by atoms with Crippen LogP contribution >= 0.6 is 0 Å². The SMILES string of the molecule is O=C(O)[C@](O)(C(=O)c1cccc2ccccc12)[C@](O)(C(=O)O)C(=O)c1cccc2ccccc12. The monoisotopic (exact) mass is 458 g/mol. The molecule has 0 aliphatic carbocycles. The number of carboxylic acids is 2. The Morgan fingerprint density at radius 1 is 0.500 bits per heavy atom. The molecule has 4 rings (SSSR count). The number of hydrogen-bond acceptors (Lipinski definition) is 6. The molecule has 0 aliphatic heterocycles. The van der Waals surface area contributed by atoms with Crippen molar-refractivity contribution in [3.05, 3.63) is 96.1 Å². The van der Waals surface area contributed by atoms with Gasteiger partial charge in [-0.3, -0.25) is 9.59 Å². The summed E-state index contributed by atoms with van der Waals surface area (Å²) < 4.78 is 0. The fourth-order valence-corrected chi connectivity index (χ4v) is 4.07. The highest BCUT2D eigenvalue weighted by molar-refractivity contribution is 6.31. The van der Waals surface area contributed by atoms with E-state index < -0.39 is 34.7 Å². The van der Waals surface area contributed by atoms with Crippen LogP contribution in [0.25, 0.3) is 21.5 Å². The smallest absolute Gasteiger partial charge is 0.348 e. The molecule has 4 N–H and O–H groups in total. The Morgan fingerprint density at radius 3 is 1.18 bits per heavy atom. The second-order valence-electron chi connectivity index (χ2n) is 7.74. The zero-order chi connectivity index (χ0) is 24.7. The minimum atomic E-state index is -4.04. The summed E-state index contributed by atoms with van der Waals surface area (Å²) in [6, 6.07) is 21.1. The summed E-state index contributed by atoms with van der Waals surface area (Å²) in [5.74, 6) is -8.06. The number of Topliss-reactive ketones (excluding diaryl/α,β-unsaturated/α-hetero) is 2. The molecule has 170 valence electrons. The highest BCUT2D eigenvalue weighted by Crippen LogP contribution is 2.35. The lowest BCUT2D eigenvalue weighted by molar-refractivity contribution is -0.187. The number of ketones is 2. The first-order valence-electron chi connectivity index (χ1n) is 10.1. The molecule has 34 heavy (non-hydrogen) atoms. The average Bonchev–Trinajstić information content (AvgIpc) is 2.85. The molecule has 4 aromatic carbocycles. The molecular formula is C26H18O8. The molecule has 0 bridgehead atoms. The molecule has 0 amide bonds. The van der Waals surface area contributed by atoms with E-state index in [1.54, 1.807) is 48.5 Å². The number of carbonyl (C=O) groups excluding carboxylic acids is 2. The summed E-state index contributed by atoms with van der Waals surface area (Å²) in [5.41, 5.74) is -8.82. The first-order chi connectivity index (χ1) is 16.1. The van der Waals surface area contributed by atoms with Crippen LogP contribution in [0.1, 0.15) is 20.7 Å². The Labute approximate surface area is 192 Å². The van der Waals surface area contributed by atoms with Crippen molar-refractivity contribution in [3.63, 3.8) is 0 Å². The summed E-state index contributed by atoms with van der Waals surface area (Å²) >= 11 is 0. The molecule has 8 nitrogen and oxygen atoms in total. The van der Waals surface area contributed by atoms with Crippen LogP contribution in [0.2, 0.25) is 0 Å².